The third-order valence-corrected chi connectivity index (χ3v) is 4.73. The number of nitrogens with zero attached hydrogens (tertiary/aromatic N) is 1. The molecule has 0 aromatic carbocycles. The normalized spacial score (nSPS) is 44.8. The SMILES string of the molecule is OC1CC2CCC(C1)N2CC1CCCNC1. The number of aliphatic hydroxyl groups is 1. The van der Waals surface area contributed by atoms with Crippen LogP contribution in [0.4, 0.5) is 0 Å². The molecule has 92 valence electrons. The Morgan fingerprint density at radius 3 is 2.50 bits per heavy atom. The van der Waals surface area contributed by atoms with E-state index in [4.69, 9.17) is 0 Å². The van der Waals surface area contributed by atoms with E-state index in [0.717, 1.165) is 18.8 Å². The first-order chi connectivity index (χ1) is 7.83. The predicted molar refractivity (Wildman–Crippen MR) is 64.4 cm³/mol. The van der Waals surface area contributed by atoms with Gasteiger partial charge in [-0.15, -0.1) is 0 Å². The zero-order chi connectivity index (χ0) is 11.0. The largest absolute Gasteiger partial charge is 0.393 e. The molecule has 3 aliphatic rings. The average molecular weight is 224 g/mol. The van der Waals surface area contributed by atoms with Crippen LogP contribution in [0.3, 0.4) is 0 Å². The molecule has 0 radical (unpaired) electrons. The van der Waals surface area contributed by atoms with Gasteiger partial charge >= 0.3 is 0 Å². The Balaban J connectivity index is 1.58. The molecule has 2 N–H and O–H groups in total. The summed E-state index contributed by atoms with van der Waals surface area (Å²) >= 11 is 0. The van der Waals surface area contributed by atoms with Crippen molar-refractivity contribution < 1.29 is 5.11 Å². The van der Waals surface area contributed by atoms with Crippen molar-refractivity contribution in [3.63, 3.8) is 0 Å². The number of rotatable bonds is 2. The van der Waals surface area contributed by atoms with Crippen LogP contribution in [0.2, 0.25) is 0 Å². The summed E-state index contributed by atoms with van der Waals surface area (Å²) in [5.41, 5.74) is 0. The average Bonchev–Trinajstić information content (AvgIpc) is 2.54. The number of nitrogens with one attached hydrogen (secondary N) is 1. The number of hydrogen-bond acceptors (Lipinski definition) is 3. The van der Waals surface area contributed by atoms with Crippen molar-refractivity contribution in [1.82, 2.24) is 10.2 Å². The second-order valence-corrected chi connectivity index (χ2v) is 5.92. The van der Waals surface area contributed by atoms with Crippen LogP contribution in [-0.4, -0.2) is 47.8 Å². The van der Waals surface area contributed by atoms with Gasteiger partial charge in [-0.2, -0.15) is 0 Å². The molecule has 3 unspecified atom stereocenters. The molecule has 3 saturated heterocycles. The highest BCUT2D eigenvalue weighted by molar-refractivity contribution is 4.96. The molecule has 3 rings (SSSR count). The number of hydrogen-bond donors (Lipinski definition) is 2. The summed E-state index contributed by atoms with van der Waals surface area (Å²) in [7, 11) is 0. The van der Waals surface area contributed by atoms with Crippen molar-refractivity contribution in [2.24, 2.45) is 5.92 Å². The second kappa shape index (κ2) is 4.63. The van der Waals surface area contributed by atoms with E-state index in [-0.39, 0.29) is 6.10 Å². The van der Waals surface area contributed by atoms with Crippen molar-refractivity contribution in [2.45, 2.75) is 56.7 Å². The first-order valence-corrected chi connectivity index (χ1v) is 6.97. The summed E-state index contributed by atoms with van der Waals surface area (Å²) in [4.78, 5) is 2.71. The molecule has 0 spiro atoms. The quantitative estimate of drug-likeness (QED) is 0.734. The Labute approximate surface area is 98.2 Å². The Hall–Kier alpha value is -0.120. The maximum Gasteiger partial charge on any atom is 0.0570 e. The van der Waals surface area contributed by atoms with Crippen molar-refractivity contribution in [3.05, 3.63) is 0 Å². The Kier molecular flexibility index (Phi) is 3.18. The molecule has 3 heterocycles. The molecule has 16 heavy (non-hydrogen) atoms. The lowest BCUT2D eigenvalue weighted by atomic mass is 9.94. The van der Waals surface area contributed by atoms with E-state index in [0.29, 0.717) is 12.1 Å². The van der Waals surface area contributed by atoms with E-state index in [2.05, 4.69) is 10.2 Å². The van der Waals surface area contributed by atoms with Crippen molar-refractivity contribution in [1.29, 1.82) is 0 Å². The number of fused-ring (bicyclic) bond motifs is 2. The van der Waals surface area contributed by atoms with E-state index < -0.39 is 0 Å². The summed E-state index contributed by atoms with van der Waals surface area (Å²) in [5, 5.41) is 13.3. The standard InChI is InChI=1S/C13H24N2O/c16-13-6-11-3-4-12(7-13)15(11)9-10-2-1-5-14-8-10/h10-14,16H,1-9H2. The maximum absolute atomic E-state index is 9.77. The smallest absolute Gasteiger partial charge is 0.0570 e. The summed E-state index contributed by atoms with van der Waals surface area (Å²) in [6.07, 6.45) is 7.41. The van der Waals surface area contributed by atoms with Crippen LogP contribution >= 0.6 is 0 Å². The molecule has 3 atom stereocenters. The molecule has 2 bridgehead atoms. The second-order valence-electron chi connectivity index (χ2n) is 5.92. The predicted octanol–water partition coefficient (Wildman–Crippen LogP) is 0.974. The van der Waals surface area contributed by atoms with E-state index in [1.54, 1.807) is 0 Å². The molecule has 0 aromatic rings. The van der Waals surface area contributed by atoms with Crippen LogP contribution in [0.5, 0.6) is 0 Å². The minimum Gasteiger partial charge on any atom is -0.393 e. The molecule has 3 aliphatic heterocycles. The monoisotopic (exact) mass is 224 g/mol. The topological polar surface area (TPSA) is 35.5 Å². The number of aliphatic hydroxyl groups excluding tert-OH is 1. The maximum atomic E-state index is 9.77. The van der Waals surface area contributed by atoms with E-state index >= 15 is 0 Å². The van der Waals surface area contributed by atoms with Crippen LogP contribution in [0.15, 0.2) is 0 Å². The lowest BCUT2D eigenvalue weighted by Gasteiger charge is -2.40. The molecular formula is C13H24N2O. The van der Waals surface area contributed by atoms with Gasteiger partial charge < -0.3 is 10.4 Å². The first-order valence-electron chi connectivity index (χ1n) is 6.97. The van der Waals surface area contributed by atoms with Gasteiger partial charge in [0.25, 0.3) is 0 Å². The molecule has 3 heteroatoms. The summed E-state index contributed by atoms with van der Waals surface area (Å²) in [5.74, 6) is 0.854. The molecule has 0 saturated carbocycles. The van der Waals surface area contributed by atoms with Crippen LogP contribution in [0.1, 0.15) is 38.5 Å². The van der Waals surface area contributed by atoms with Gasteiger partial charge in [-0.25, -0.2) is 0 Å². The highest BCUT2D eigenvalue weighted by Gasteiger charge is 2.40. The van der Waals surface area contributed by atoms with Crippen molar-refractivity contribution in [3.8, 4) is 0 Å². The summed E-state index contributed by atoms with van der Waals surface area (Å²) in [6.45, 7) is 3.69. The molecule has 0 aromatic heterocycles. The Morgan fingerprint density at radius 2 is 1.88 bits per heavy atom. The van der Waals surface area contributed by atoms with Crippen molar-refractivity contribution >= 4 is 0 Å². The fourth-order valence-electron chi connectivity index (χ4n) is 3.92. The van der Waals surface area contributed by atoms with Crippen LogP contribution in [-0.2, 0) is 0 Å². The highest BCUT2D eigenvalue weighted by atomic mass is 16.3. The van der Waals surface area contributed by atoms with Gasteiger partial charge in [0.15, 0.2) is 0 Å². The lowest BCUT2D eigenvalue weighted by molar-refractivity contribution is 0.0248. The van der Waals surface area contributed by atoms with Gasteiger partial charge in [0.05, 0.1) is 6.10 Å². The number of piperidine rings is 2. The minimum absolute atomic E-state index is 0.0155. The van der Waals surface area contributed by atoms with Gasteiger partial charge in [0.1, 0.15) is 0 Å². The lowest BCUT2D eigenvalue weighted by Crippen LogP contribution is -2.48. The third-order valence-electron chi connectivity index (χ3n) is 4.73. The molecule has 0 aliphatic carbocycles. The van der Waals surface area contributed by atoms with Crippen LogP contribution < -0.4 is 5.32 Å². The summed E-state index contributed by atoms with van der Waals surface area (Å²) in [6, 6.07) is 1.38. The van der Waals surface area contributed by atoms with Gasteiger partial charge in [-0.1, -0.05) is 0 Å². The zero-order valence-electron chi connectivity index (χ0n) is 10.1. The van der Waals surface area contributed by atoms with Crippen LogP contribution in [0, 0.1) is 5.92 Å². The molecule has 3 fully saturated rings. The highest BCUT2D eigenvalue weighted by Crippen LogP contribution is 2.36. The minimum atomic E-state index is -0.0155. The van der Waals surface area contributed by atoms with E-state index in [1.165, 1.54) is 45.3 Å². The molecule has 3 nitrogen and oxygen atoms in total. The fraction of sp³-hybridized carbons (Fsp3) is 1.00. The van der Waals surface area contributed by atoms with Gasteiger partial charge in [0.2, 0.25) is 0 Å². The van der Waals surface area contributed by atoms with Crippen molar-refractivity contribution in [2.75, 3.05) is 19.6 Å². The van der Waals surface area contributed by atoms with Gasteiger partial charge in [-0.3, -0.25) is 4.90 Å². The first kappa shape index (κ1) is 11.0. The van der Waals surface area contributed by atoms with Crippen LogP contribution in [0.25, 0.3) is 0 Å². The van der Waals surface area contributed by atoms with E-state index in [1.807, 2.05) is 0 Å². The molecule has 0 amide bonds. The molecular weight excluding hydrogens is 200 g/mol. The van der Waals surface area contributed by atoms with Gasteiger partial charge in [0, 0.05) is 18.6 Å². The fourth-order valence-corrected chi connectivity index (χ4v) is 3.92. The van der Waals surface area contributed by atoms with E-state index in [9.17, 15) is 5.11 Å². The summed E-state index contributed by atoms with van der Waals surface area (Å²) < 4.78 is 0. The zero-order valence-corrected chi connectivity index (χ0v) is 10.1. The third kappa shape index (κ3) is 2.13. The Bertz CT molecular complexity index is 226. The Morgan fingerprint density at radius 1 is 1.12 bits per heavy atom. The van der Waals surface area contributed by atoms with Gasteiger partial charge in [-0.05, 0) is 57.5 Å².